The number of benzene rings is 2. The zero-order chi connectivity index (χ0) is 23.1. The van der Waals surface area contributed by atoms with Gasteiger partial charge in [0.1, 0.15) is 0 Å². The number of piperazine rings is 1. The van der Waals surface area contributed by atoms with Crippen LogP contribution in [0.3, 0.4) is 0 Å². The van der Waals surface area contributed by atoms with Gasteiger partial charge in [0.15, 0.2) is 0 Å². The fourth-order valence-electron chi connectivity index (χ4n) is 5.08. The van der Waals surface area contributed by atoms with Gasteiger partial charge < -0.3 is 14.8 Å². The van der Waals surface area contributed by atoms with Crippen LogP contribution in [0.4, 0.5) is 11.4 Å². The van der Waals surface area contributed by atoms with Gasteiger partial charge >= 0.3 is 0 Å². The molecule has 0 spiro atoms. The first-order valence-corrected chi connectivity index (χ1v) is 11.8. The van der Waals surface area contributed by atoms with Crippen LogP contribution in [0.15, 0.2) is 71.8 Å². The van der Waals surface area contributed by atoms with E-state index in [0.29, 0.717) is 11.5 Å². The molecule has 0 radical (unpaired) electrons. The van der Waals surface area contributed by atoms with Crippen molar-refractivity contribution in [3.05, 3.63) is 88.5 Å². The van der Waals surface area contributed by atoms with Crippen LogP contribution in [0.25, 0.3) is 22.0 Å². The highest BCUT2D eigenvalue weighted by Gasteiger charge is 2.31. The van der Waals surface area contributed by atoms with E-state index in [1.54, 1.807) is 12.3 Å². The van der Waals surface area contributed by atoms with Gasteiger partial charge in [0.25, 0.3) is 0 Å². The SMILES string of the molecule is N#Cc1ccc(-c2cccc3c(C4CC4)c(N4CCN(c5cc[nH]c(=O)c5)CC4)cnc23)cc1. The molecule has 1 N–H and O–H groups in total. The molecule has 3 heterocycles. The maximum Gasteiger partial charge on any atom is 0.249 e. The van der Waals surface area contributed by atoms with Crippen LogP contribution in [-0.2, 0) is 0 Å². The number of fused-ring (bicyclic) bond motifs is 1. The third kappa shape index (κ3) is 3.69. The van der Waals surface area contributed by atoms with E-state index in [1.807, 2.05) is 30.3 Å². The Morgan fingerprint density at radius 3 is 2.44 bits per heavy atom. The highest BCUT2D eigenvalue weighted by atomic mass is 16.1. The lowest BCUT2D eigenvalue weighted by atomic mass is 9.96. The van der Waals surface area contributed by atoms with Gasteiger partial charge in [-0.05, 0) is 48.1 Å². The molecule has 1 saturated heterocycles. The lowest BCUT2D eigenvalue weighted by molar-refractivity contribution is 0.650. The monoisotopic (exact) mass is 447 g/mol. The lowest BCUT2D eigenvalue weighted by Crippen LogP contribution is -2.47. The molecule has 0 unspecified atom stereocenters. The van der Waals surface area contributed by atoms with Gasteiger partial charge in [0, 0.05) is 55.1 Å². The van der Waals surface area contributed by atoms with Crippen LogP contribution in [0.2, 0.25) is 0 Å². The molecule has 4 aromatic rings. The fourth-order valence-corrected chi connectivity index (χ4v) is 5.08. The van der Waals surface area contributed by atoms with Crippen molar-refractivity contribution in [1.29, 1.82) is 5.26 Å². The first-order valence-electron chi connectivity index (χ1n) is 11.8. The van der Waals surface area contributed by atoms with Crippen molar-refractivity contribution in [3.63, 3.8) is 0 Å². The maximum atomic E-state index is 11.7. The standard InChI is InChI=1S/C28H25N5O/c29-17-19-4-6-20(7-5-19)23-2-1-3-24-27(21-8-9-21)25(18-31-28(23)24)33-14-12-32(13-15-33)22-10-11-30-26(34)16-22/h1-7,10-11,16,18,21H,8-9,12-15H2,(H,30,34). The van der Waals surface area contributed by atoms with Gasteiger partial charge in [-0.3, -0.25) is 9.78 Å². The second-order valence-electron chi connectivity index (χ2n) is 9.11. The molecule has 2 aliphatic rings. The molecule has 0 bridgehead atoms. The second kappa shape index (κ2) is 8.35. The van der Waals surface area contributed by atoms with Crippen molar-refractivity contribution >= 4 is 22.3 Å². The number of hydrogen-bond acceptors (Lipinski definition) is 5. The highest BCUT2D eigenvalue weighted by Crippen LogP contribution is 2.48. The fraction of sp³-hybridized carbons (Fsp3) is 0.250. The summed E-state index contributed by atoms with van der Waals surface area (Å²) in [4.78, 5) is 24.1. The molecule has 1 aliphatic carbocycles. The molecule has 168 valence electrons. The molecule has 2 aromatic carbocycles. The lowest BCUT2D eigenvalue weighted by Gasteiger charge is -2.38. The van der Waals surface area contributed by atoms with Gasteiger partial charge in [-0.1, -0.05) is 30.3 Å². The number of H-pyrrole nitrogens is 1. The van der Waals surface area contributed by atoms with Gasteiger partial charge in [0.05, 0.1) is 29.0 Å². The molecular formula is C28H25N5O. The van der Waals surface area contributed by atoms with Crippen LogP contribution in [0.1, 0.15) is 29.9 Å². The minimum atomic E-state index is -0.0623. The number of pyridine rings is 2. The highest BCUT2D eigenvalue weighted by molar-refractivity contribution is 5.98. The minimum absolute atomic E-state index is 0.0623. The Bertz CT molecular complexity index is 1460. The van der Waals surface area contributed by atoms with E-state index in [-0.39, 0.29) is 5.56 Å². The van der Waals surface area contributed by atoms with Crippen molar-refractivity contribution in [2.45, 2.75) is 18.8 Å². The van der Waals surface area contributed by atoms with E-state index in [4.69, 9.17) is 10.2 Å². The van der Waals surface area contributed by atoms with E-state index >= 15 is 0 Å². The first kappa shape index (κ1) is 20.5. The van der Waals surface area contributed by atoms with Gasteiger partial charge in [-0.15, -0.1) is 0 Å². The Morgan fingerprint density at radius 2 is 1.74 bits per heavy atom. The summed E-state index contributed by atoms with van der Waals surface area (Å²) in [7, 11) is 0. The molecule has 1 aliphatic heterocycles. The Labute approximate surface area is 198 Å². The predicted octanol–water partition coefficient (Wildman–Crippen LogP) is 4.67. The number of aromatic amines is 1. The normalized spacial score (nSPS) is 16.0. The van der Waals surface area contributed by atoms with Gasteiger partial charge in [-0.25, -0.2) is 0 Å². The molecule has 0 amide bonds. The van der Waals surface area contributed by atoms with Crippen molar-refractivity contribution in [3.8, 4) is 17.2 Å². The van der Waals surface area contributed by atoms with Crippen molar-refractivity contribution in [2.75, 3.05) is 36.0 Å². The summed E-state index contributed by atoms with van der Waals surface area (Å²) in [5.41, 5.74) is 7.47. The summed E-state index contributed by atoms with van der Waals surface area (Å²) in [5, 5.41) is 10.4. The Balaban J connectivity index is 1.35. The van der Waals surface area contributed by atoms with Crippen LogP contribution in [0, 0.1) is 11.3 Å². The number of aromatic nitrogens is 2. The average Bonchev–Trinajstić information content (AvgIpc) is 3.73. The Hall–Kier alpha value is -4.11. The average molecular weight is 448 g/mol. The quantitative estimate of drug-likeness (QED) is 0.492. The van der Waals surface area contributed by atoms with E-state index in [9.17, 15) is 4.79 Å². The summed E-state index contributed by atoms with van der Waals surface area (Å²) in [5.74, 6) is 0.586. The largest absolute Gasteiger partial charge is 0.368 e. The minimum Gasteiger partial charge on any atom is -0.368 e. The van der Waals surface area contributed by atoms with E-state index in [2.05, 4.69) is 45.2 Å². The summed E-state index contributed by atoms with van der Waals surface area (Å²) >= 11 is 0. The Morgan fingerprint density at radius 1 is 0.971 bits per heavy atom. The third-order valence-corrected chi connectivity index (χ3v) is 6.97. The van der Waals surface area contributed by atoms with E-state index in [0.717, 1.165) is 48.5 Å². The Kier molecular flexibility index (Phi) is 5.03. The smallest absolute Gasteiger partial charge is 0.249 e. The first-order chi connectivity index (χ1) is 16.7. The summed E-state index contributed by atoms with van der Waals surface area (Å²) in [6, 6.07) is 20.0. The molecule has 6 rings (SSSR count). The molecule has 6 heteroatoms. The molecule has 2 aromatic heterocycles. The molecule has 6 nitrogen and oxygen atoms in total. The molecule has 2 fully saturated rings. The molecule has 34 heavy (non-hydrogen) atoms. The zero-order valence-electron chi connectivity index (χ0n) is 18.9. The maximum absolute atomic E-state index is 11.7. The van der Waals surface area contributed by atoms with Crippen LogP contribution < -0.4 is 15.4 Å². The number of nitriles is 1. The summed E-state index contributed by atoms with van der Waals surface area (Å²) in [6.07, 6.45) is 6.22. The molecular weight excluding hydrogens is 422 g/mol. The van der Waals surface area contributed by atoms with Crippen LogP contribution in [-0.4, -0.2) is 36.1 Å². The molecule has 1 saturated carbocycles. The van der Waals surface area contributed by atoms with Crippen LogP contribution >= 0.6 is 0 Å². The topological polar surface area (TPSA) is 76.0 Å². The summed E-state index contributed by atoms with van der Waals surface area (Å²) < 4.78 is 0. The number of rotatable bonds is 4. The van der Waals surface area contributed by atoms with Crippen molar-refractivity contribution in [1.82, 2.24) is 9.97 Å². The number of para-hydroxylation sites is 1. The number of nitrogens with one attached hydrogen (secondary N) is 1. The van der Waals surface area contributed by atoms with E-state index in [1.165, 1.54) is 29.5 Å². The van der Waals surface area contributed by atoms with E-state index < -0.39 is 0 Å². The third-order valence-electron chi connectivity index (χ3n) is 6.97. The van der Waals surface area contributed by atoms with Gasteiger partial charge in [-0.2, -0.15) is 5.26 Å². The second-order valence-corrected chi connectivity index (χ2v) is 9.11. The van der Waals surface area contributed by atoms with Gasteiger partial charge in [0.2, 0.25) is 5.56 Å². The van der Waals surface area contributed by atoms with Crippen molar-refractivity contribution < 1.29 is 0 Å². The van der Waals surface area contributed by atoms with Crippen molar-refractivity contribution in [2.24, 2.45) is 0 Å². The summed E-state index contributed by atoms with van der Waals surface area (Å²) in [6.45, 7) is 3.54. The number of anilines is 2. The zero-order valence-corrected chi connectivity index (χ0v) is 18.9. The van der Waals surface area contributed by atoms with Crippen LogP contribution in [0.5, 0.6) is 0 Å². The predicted molar refractivity (Wildman–Crippen MR) is 135 cm³/mol. The molecule has 0 atom stereocenters. The number of hydrogen-bond donors (Lipinski definition) is 1. The number of nitrogens with zero attached hydrogens (tertiary/aromatic N) is 4.